The van der Waals surface area contributed by atoms with Gasteiger partial charge < -0.3 is 10.1 Å². The van der Waals surface area contributed by atoms with Gasteiger partial charge in [-0.2, -0.15) is 0 Å². The minimum atomic E-state index is 0.341. The van der Waals surface area contributed by atoms with E-state index in [0.29, 0.717) is 12.0 Å². The Morgan fingerprint density at radius 3 is 2.90 bits per heavy atom. The van der Waals surface area contributed by atoms with E-state index in [1.54, 1.807) is 0 Å². The van der Waals surface area contributed by atoms with E-state index >= 15 is 0 Å². The molecule has 2 unspecified atom stereocenters. The van der Waals surface area contributed by atoms with Crippen molar-refractivity contribution in [2.45, 2.75) is 25.3 Å². The summed E-state index contributed by atoms with van der Waals surface area (Å²) in [7, 11) is 0. The summed E-state index contributed by atoms with van der Waals surface area (Å²) in [5.74, 6) is 1.58. The van der Waals surface area contributed by atoms with Crippen LogP contribution in [-0.2, 0) is 0 Å². The van der Waals surface area contributed by atoms with Crippen LogP contribution in [0.25, 0.3) is 0 Å². The van der Waals surface area contributed by atoms with Crippen LogP contribution in [0.5, 0.6) is 5.75 Å². The number of nitrogens with zero attached hydrogens (tertiary/aromatic N) is 1. The van der Waals surface area contributed by atoms with E-state index in [0.717, 1.165) is 25.3 Å². The Morgan fingerprint density at radius 2 is 2.05 bits per heavy atom. The number of hydrogen-bond donors (Lipinski definition) is 1. The average molecular weight is 268 g/mol. The summed E-state index contributed by atoms with van der Waals surface area (Å²) in [6, 6.07) is 12.8. The van der Waals surface area contributed by atoms with Crippen LogP contribution in [0.1, 0.15) is 36.4 Å². The first-order valence-electron chi connectivity index (χ1n) is 7.19. The van der Waals surface area contributed by atoms with Crippen LogP contribution in [0.4, 0.5) is 0 Å². The van der Waals surface area contributed by atoms with Gasteiger partial charge in [0, 0.05) is 30.9 Å². The second-order valence-corrected chi connectivity index (χ2v) is 5.28. The zero-order chi connectivity index (χ0) is 13.8. The molecule has 3 nitrogen and oxygen atoms in total. The fourth-order valence-corrected chi connectivity index (χ4v) is 2.72. The highest BCUT2D eigenvalue weighted by molar-refractivity contribution is 5.38. The Kier molecular flexibility index (Phi) is 3.97. The van der Waals surface area contributed by atoms with E-state index in [1.165, 1.54) is 11.1 Å². The van der Waals surface area contributed by atoms with E-state index in [2.05, 4.69) is 47.6 Å². The van der Waals surface area contributed by atoms with Crippen LogP contribution in [0.3, 0.4) is 0 Å². The van der Waals surface area contributed by atoms with E-state index in [-0.39, 0.29) is 0 Å². The van der Waals surface area contributed by atoms with Crippen LogP contribution >= 0.6 is 0 Å². The Bertz CT molecular complexity index is 556. The quantitative estimate of drug-likeness (QED) is 0.924. The molecule has 2 atom stereocenters. The van der Waals surface area contributed by atoms with Gasteiger partial charge in [-0.15, -0.1) is 0 Å². The maximum absolute atomic E-state index is 5.71. The first-order chi connectivity index (χ1) is 9.84. The molecule has 0 bridgehead atoms. The van der Waals surface area contributed by atoms with Crippen molar-refractivity contribution in [3.8, 4) is 5.75 Å². The maximum atomic E-state index is 5.71. The summed E-state index contributed by atoms with van der Waals surface area (Å²) in [4.78, 5) is 4.06. The molecule has 1 aliphatic rings. The molecular formula is C17H20N2O. The summed E-state index contributed by atoms with van der Waals surface area (Å²) >= 11 is 0. The monoisotopic (exact) mass is 268 g/mol. The molecule has 1 N–H and O–H groups in total. The number of hydrogen-bond acceptors (Lipinski definition) is 3. The lowest BCUT2D eigenvalue weighted by Gasteiger charge is -2.27. The summed E-state index contributed by atoms with van der Waals surface area (Å²) < 4.78 is 5.71. The fourth-order valence-electron chi connectivity index (χ4n) is 2.72. The van der Waals surface area contributed by atoms with Crippen molar-refractivity contribution in [1.82, 2.24) is 10.3 Å². The van der Waals surface area contributed by atoms with Crippen molar-refractivity contribution in [1.29, 1.82) is 0 Å². The molecule has 0 fully saturated rings. The number of aromatic nitrogens is 1. The van der Waals surface area contributed by atoms with Gasteiger partial charge in [-0.1, -0.05) is 18.2 Å². The van der Waals surface area contributed by atoms with Crippen LogP contribution in [0.2, 0.25) is 0 Å². The summed E-state index contributed by atoms with van der Waals surface area (Å²) in [6.07, 6.45) is 4.77. The number of nitrogens with one attached hydrogen (secondary N) is 1. The van der Waals surface area contributed by atoms with Crippen molar-refractivity contribution in [3.05, 3.63) is 59.9 Å². The molecule has 3 heteroatoms. The molecule has 104 valence electrons. The van der Waals surface area contributed by atoms with Gasteiger partial charge in [0.05, 0.1) is 6.61 Å². The number of fused-ring (bicyclic) bond motifs is 1. The van der Waals surface area contributed by atoms with Gasteiger partial charge in [0.2, 0.25) is 0 Å². The minimum absolute atomic E-state index is 0.341. The average Bonchev–Trinajstić information content (AvgIpc) is 2.53. The molecule has 1 aromatic carbocycles. The highest BCUT2D eigenvalue weighted by Gasteiger charge is 2.21. The van der Waals surface area contributed by atoms with E-state index in [4.69, 9.17) is 4.74 Å². The molecule has 0 saturated heterocycles. The zero-order valence-corrected chi connectivity index (χ0v) is 11.8. The third-order valence-electron chi connectivity index (χ3n) is 3.96. The smallest absolute Gasteiger partial charge is 0.122 e. The molecule has 1 aliphatic heterocycles. The second kappa shape index (κ2) is 6.06. The fraction of sp³-hybridized carbons (Fsp3) is 0.353. The Balaban J connectivity index is 1.65. The molecule has 20 heavy (non-hydrogen) atoms. The number of ether oxygens (including phenoxy) is 1. The summed E-state index contributed by atoms with van der Waals surface area (Å²) in [5.41, 5.74) is 2.61. The van der Waals surface area contributed by atoms with Crippen molar-refractivity contribution in [2.75, 3.05) is 13.2 Å². The van der Waals surface area contributed by atoms with E-state index in [1.807, 2.05) is 18.5 Å². The molecule has 0 radical (unpaired) electrons. The standard InChI is InChI=1S/C17H20N2O/c1-13(14-6-9-18-10-7-14)19-12-15-8-11-20-17-5-3-2-4-16(15)17/h2-7,9-10,13,15,19H,8,11-12H2,1H3. The predicted molar refractivity (Wildman–Crippen MR) is 79.9 cm³/mol. The van der Waals surface area contributed by atoms with E-state index in [9.17, 15) is 0 Å². The highest BCUT2D eigenvalue weighted by atomic mass is 16.5. The number of benzene rings is 1. The van der Waals surface area contributed by atoms with Gasteiger partial charge in [0.25, 0.3) is 0 Å². The van der Waals surface area contributed by atoms with Gasteiger partial charge in [0.15, 0.2) is 0 Å². The molecule has 2 heterocycles. The van der Waals surface area contributed by atoms with Crippen LogP contribution < -0.4 is 10.1 Å². The molecule has 1 aromatic heterocycles. The third kappa shape index (κ3) is 2.83. The third-order valence-corrected chi connectivity index (χ3v) is 3.96. The Labute approximate surface area is 120 Å². The first-order valence-corrected chi connectivity index (χ1v) is 7.19. The Hall–Kier alpha value is -1.87. The molecular weight excluding hydrogens is 248 g/mol. The van der Waals surface area contributed by atoms with Crippen molar-refractivity contribution in [2.24, 2.45) is 0 Å². The van der Waals surface area contributed by atoms with Gasteiger partial charge in [-0.25, -0.2) is 0 Å². The van der Waals surface area contributed by atoms with Crippen molar-refractivity contribution in [3.63, 3.8) is 0 Å². The molecule has 0 spiro atoms. The number of pyridine rings is 1. The van der Waals surface area contributed by atoms with E-state index < -0.39 is 0 Å². The molecule has 0 aliphatic carbocycles. The lowest BCUT2D eigenvalue weighted by Crippen LogP contribution is -2.28. The lowest BCUT2D eigenvalue weighted by atomic mass is 9.92. The second-order valence-electron chi connectivity index (χ2n) is 5.28. The van der Waals surface area contributed by atoms with Crippen LogP contribution in [0.15, 0.2) is 48.8 Å². The lowest BCUT2D eigenvalue weighted by molar-refractivity contribution is 0.263. The van der Waals surface area contributed by atoms with Gasteiger partial charge >= 0.3 is 0 Å². The molecule has 0 saturated carbocycles. The molecule has 3 rings (SSSR count). The summed E-state index contributed by atoms with van der Waals surface area (Å²) in [5, 5.41) is 3.63. The molecule has 2 aromatic rings. The molecule has 0 amide bonds. The zero-order valence-electron chi connectivity index (χ0n) is 11.8. The van der Waals surface area contributed by atoms with Crippen molar-refractivity contribution >= 4 is 0 Å². The number of rotatable bonds is 4. The van der Waals surface area contributed by atoms with Crippen LogP contribution in [0, 0.1) is 0 Å². The first kappa shape index (κ1) is 13.1. The maximum Gasteiger partial charge on any atom is 0.122 e. The highest BCUT2D eigenvalue weighted by Crippen LogP contribution is 2.33. The van der Waals surface area contributed by atoms with Crippen molar-refractivity contribution < 1.29 is 4.74 Å². The van der Waals surface area contributed by atoms with Gasteiger partial charge in [0.1, 0.15) is 5.75 Å². The Morgan fingerprint density at radius 1 is 1.25 bits per heavy atom. The summed E-state index contributed by atoms with van der Waals surface area (Å²) in [6.45, 7) is 3.98. The topological polar surface area (TPSA) is 34.1 Å². The number of para-hydroxylation sites is 1. The largest absolute Gasteiger partial charge is 0.493 e. The van der Waals surface area contributed by atoms with Gasteiger partial charge in [-0.05, 0) is 42.7 Å². The predicted octanol–water partition coefficient (Wildman–Crippen LogP) is 3.30. The SMILES string of the molecule is CC(NCC1CCOc2ccccc21)c1ccncc1. The minimum Gasteiger partial charge on any atom is -0.493 e. The van der Waals surface area contributed by atoms with Gasteiger partial charge in [-0.3, -0.25) is 4.98 Å². The normalized spacial score (nSPS) is 18.9. The van der Waals surface area contributed by atoms with Crippen LogP contribution in [-0.4, -0.2) is 18.1 Å².